The van der Waals surface area contributed by atoms with Crippen molar-refractivity contribution in [3.63, 3.8) is 0 Å². The molecule has 0 fully saturated rings. The zero-order valence-corrected chi connectivity index (χ0v) is 19.0. The standard InChI is InChI=1S/C26H24N6O/c1-15-8-9-19(29-25-13-23(30-31-25)22-7-5-6-16(2)28-22)12-20(15)21-11-18-14-27-17(3)10-24(18)32(4)26(21)33/h5-14H,1-4H3,(H2,29,30,31). The van der Waals surface area contributed by atoms with Crippen LogP contribution in [0.1, 0.15) is 17.0 Å². The van der Waals surface area contributed by atoms with Gasteiger partial charge in [0, 0.05) is 47.3 Å². The van der Waals surface area contributed by atoms with E-state index >= 15 is 0 Å². The van der Waals surface area contributed by atoms with Gasteiger partial charge in [0.15, 0.2) is 5.82 Å². The second-order valence-electron chi connectivity index (χ2n) is 8.29. The van der Waals surface area contributed by atoms with E-state index in [0.29, 0.717) is 11.4 Å². The van der Waals surface area contributed by atoms with Crippen molar-refractivity contribution in [2.75, 3.05) is 5.32 Å². The number of rotatable bonds is 4. The molecule has 0 unspecified atom stereocenters. The number of fused-ring (bicyclic) bond motifs is 1. The van der Waals surface area contributed by atoms with Gasteiger partial charge >= 0.3 is 0 Å². The lowest BCUT2D eigenvalue weighted by atomic mass is 9.99. The van der Waals surface area contributed by atoms with Gasteiger partial charge in [-0.1, -0.05) is 12.1 Å². The van der Waals surface area contributed by atoms with E-state index in [4.69, 9.17) is 0 Å². The fourth-order valence-electron chi connectivity index (χ4n) is 4.01. The van der Waals surface area contributed by atoms with Crippen LogP contribution in [-0.4, -0.2) is 24.7 Å². The van der Waals surface area contributed by atoms with Gasteiger partial charge in [-0.15, -0.1) is 0 Å². The highest BCUT2D eigenvalue weighted by Gasteiger charge is 2.13. The van der Waals surface area contributed by atoms with Crippen LogP contribution in [0.3, 0.4) is 0 Å². The van der Waals surface area contributed by atoms with E-state index in [1.807, 2.05) is 81.6 Å². The smallest absolute Gasteiger partial charge is 0.258 e. The molecular weight excluding hydrogens is 412 g/mol. The van der Waals surface area contributed by atoms with Crippen LogP contribution in [-0.2, 0) is 7.05 Å². The van der Waals surface area contributed by atoms with Gasteiger partial charge in [-0.05, 0) is 68.3 Å². The van der Waals surface area contributed by atoms with Crippen molar-refractivity contribution < 1.29 is 0 Å². The molecule has 0 aliphatic rings. The van der Waals surface area contributed by atoms with Crippen molar-refractivity contribution in [3.05, 3.63) is 88.1 Å². The molecule has 164 valence electrons. The monoisotopic (exact) mass is 436 g/mol. The first-order chi connectivity index (χ1) is 15.9. The molecule has 0 amide bonds. The van der Waals surface area contributed by atoms with Gasteiger partial charge in [0.1, 0.15) is 0 Å². The summed E-state index contributed by atoms with van der Waals surface area (Å²) < 4.78 is 1.69. The van der Waals surface area contributed by atoms with Crippen molar-refractivity contribution in [3.8, 4) is 22.5 Å². The second-order valence-corrected chi connectivity index (χ2v) is 8.29. The summed E-state index contributed by atoms with van der Waals surface area (Å²) in [5.41, 5.74) is 7.71. The first kappa shape index (κ1) is 20.6. The van der Waals surface area contributed by atoms with E-state index in [9.17, 15) is 4.79 Å². The van der Waals surface area contributed by atoms with Gasteiger partial charge in [0.2, 0.25) is 0 Å². The first-order valence-corrected chi connectivity index (χ1v) is 10.7. The number of hydrogen-bond acceptors (Lipinski definition) is 5. The maximum atomic E-state index is 13.2. The van der Waals surface area contributed by atoms with Crippen LogP contribution in [0.4, 0.5) is 11.5 Å². The highest BCUT2D eigenvalue weighted by molar-refractivity contribution is 5.85. The molecule has 5 aromatic rings. The predicted octanol–water partition coefficient (Wildman–Crippen LogP) is 5.05. The van der Waals surface area contributed by atoms with E-state index in [1.54, 1.807) is 11.6 Å². The molecule has 0 atom stereocenters. The average Bonchev–Trinajstić information content (AvgIpc) is 3.27. The molecule has 0 aliphatic heterocycles. The minimum Gasteiger partial charge on any atom is -0.339 e. The quantitative estimate of drug-likeness (QED) is 0.411. The Kier molecular flexibility index (Phi) is 5.01. The Morgan fingerprint density at radius 1 is 0.939 bits per heavy atom. The Balaban J connectivity index is 1.52. The van der Waals surface area contributed by atoms with Crippen molar-refractivity contribution >= 4 is 22.4 Å². The number of H-pyrrole nitrogens is 1. The van der Waals surface area contributed by atoms with Crippen molar-refractivity contribution in [1.29, 1.82) is 0 Å². The van der Waals surface area contributed by atoms with E-state index < -0.39 is 0 Å². The Hall–Kier alpha value is -4.26. The summed E-state index contributed by atoms with van der Waals surface area (Å²) in [7, 11) is 1.80. The zero-order chi connectivity index (χ0) is 23.1. The van der Waals surface area contributed by atoms with E-state index in [-0.39, 0.29) is 5.56 Å². The summed E-state index contributed by atoms with van der Waals surface area (Å²) in [6.07, 6.45) is 1.82. The van der Waals surface area contributed by atoms with Crippen LogP contribution in [0, 0.1) is 20.8 Å². The third-order valence-corrected chi connectivity index (χ3v) is 5.79. The molecular formula is C26H24N6O. The van der Waals surface area contributed by atoms with Crippen LogP contribution in [0.25, 0.3) is 33.4 Å². The molecule has 0 saturated heterocycles. The zero-order valence-electron chi connectivity index (χ0n) is 19.0. The Morgan fingerprint density at radius 2 is 1.79 bits per heavy atom. The molecule has 0 saturated carbocycles. The minimum absolute atomic E-state index is 0.0408. The average molecular weight is 437 g/mol. The van der Waals surface area contributed by atoms with E-state index in [0.717, 1.165) is 50.5 Å². The highest BCUT2D eigenvalue weighted by atomic mass is 16.1. The third-order valence-electron chi connectivity index (χ3n) is 5.79. The van der Waals surface area contributed by atoms with Gasteiger partial charge in [-0.3, -0.25) is 19.9 Å². The maximum absolute atomic E-state index is 13.2. The molecule has 1 aromatic carbocycles. The Morgan fingerprint density at radius 3 is 2.61 bits per heavy atom. The summed E-state index contributed by atoms with van der Waals surface area (Å²) >= 11 is 0. The molecule has 0 radical (unpaired) electrons. The summed E-state index contributed by atoms with van der Waals surface area (Å²) in [4.78, 5) is 22.1. The van der Waals surface area contributed by atoms with Crippen LogP contribution < -0.4 is 10.9 Å². The predicted molar refractivity (Wildman–Crippen MR) is 132 cm³/mol. The Bertz CT molecular complexity index is 1560. The molecule has 7 nitrogen and oxygen atoms in total. The van der Waals surface area contributed by atoms with Gasteiger partial charge < -0.3 is 9.88 Å². The van der Waals surface area contributed by atoms with Gasteiger partial charge in [-0.2, -0.15) is 5.10 Å². The molecule has 0 spiro atoms. The molecule has 33 heavy (non-hydrogen) atoms. The number of anilines is 2. The SMILES string of the molecule is Cc1cc2c(cn1)cc(-c1cc(Nc3cc(-c4cccc(C)n4)[nH]n3)ccc1C)c(=O)n2C. The number of pyridine rings is 3. The molecule has 0 aliphatic carbocycles. The molecule has 5 rings (SSSR count). The highest BCUT2D eigenvalue weighted by Crippen LogP contribution is 2.28. The van der Waals surface area contributed by atoms with E-state index in [2.05, 4.69) is 25.5 Å². The largest absolute Gasteiger partial charge is 0.339 e. The topological polar surface area (TPSA) is 88.5 Å². The maximum Gasteiger partial charge on any atom is 0.258 e. The van der Waals surface area contributed by atoms with Crippen LogP contribution in [0.5, 0.6) is 0 Å². The lowest BCUT2D eigenvalue weighted by Crippen LogP contribution is -2.19. The van der Waals surface area contributed by atoms with Gasteiger partial charge in [0.25, 0.3) is 5.56 Å². The van der Waals surface area contributed by atoms with Crippen molar-refractivity contribution in [2.24, 2.45) is 7.05 Å². The van der Waals surface area contributed by atoms with Crippen LogP contribution >= 0.6 is 0 Å². The summed E-state index contributed by atoms with van der Waals surface area (Å²) in [5.74, 6) is 0.675. The second kappa shape index (κ2) is 8.02. The normalized spacial score (nSPS) is 11.2. The number of nitrogens with zero attached hydrogens (tertiary/aromatic N) is 4. The van der Waals surface area contributed by atoms with E-state index in [1.165, 1.54) is 0 Å². The molecule has 4 heterocycles. The number of aryl methyl sites for hydroxylation is 4. The number of aromatic amines is 1. The third kappa shape index (κ3) is 3.89. The van der Waals surface area contributed by atoms with Crippen LogP contribution in [0.15, 0.2) is 65.6 Å². The Labute approximate surface area is 191 Å². The van der Waals surface area contributed by atoms with Crippen molar-refractivity contribution in [2.45, 2.75) is 20.8 Å². The lowest BCUT2D eigenvalue weighted by molar-refractivity contribution is 0.905. The fourth-order valence-corrected chi connectivity index (χ4v) is 4.01. The number of aromatic nitrogens is 5. The number of benzene rings is 1. The number of nitrogens with one attached hydrogen (secondary N) is 2. The summed E-state index contributed by atoms with van der Waals surface area (Å²) in [6, 6.07) is 17.6. The van der Waals surface area contributed by atoms with Gasteiger partial charge in [-0.25, -0.2) is 0 Å². The van der Waals surface area contributed by atoms with Crippen molar-refractivity contribution in [1.82, 2.24) is 24.7 Å². The fraction of sp³-hybridized carbons (Fsp3) is 0.154. The molecule has 2 N–H and O–H groups in total. The number of hydrogen-bond donors (Lipinski definition) is 2. The molecule has 4 aromatic heterocycles. The minimum atomic E-state index is -0.0408. The molecule has 0 bridgehead atoms. The first-order valence-electron chi connectivity index (χ1n) is 10.7. The van der Waals surface area contributed by atoms with Crippen LogP contribution in [0.2, 0.25) is 0 Å². The molecule has 7 heteroatoms. The summed E-state index contributed by atoms with van der Waals surface area (Å²) in [6.45, 7) is 5.89. The van der Waals surface area contributed by atoms with Gasteiger partial charge in [0.05, 0.1) is 16.9 Å². The summed E-state index contributed by atoms with van der Waals surface area (Å²) in [5, 5.41) is 11.7. The lowest BCUT2D eigenvalue weighted by Gasteiger charge is -2.13.